The van der Waals surface area contributed by atoms with E-state index in [2.05, 4.69) is 10.3 Å². The smallest absolute Gasteiger partial charge is 0.231 e. The van der Waals surface area contributed by atoms with E-state index in [9.17, 15) is 9.59 Å². The van der Waals surface area contributed by atoms with E-state index >= 15 is 0 Å². The fourth-order valence-electron chi connectivity index (χ4n) is 3.07. The molecule has 2 fully saturated rings. The van der Waals surface area contributed by atoms with Crippen molar-refractivity contribution in [2.75, 3.05) is 18.5 Å². The molecule has 2 heterocycles. The van der Waals surface area contributed by atoms with Crippen molar-refractivity contribution in [3.05, 3.63) is 18.2 Å². The predicted molar refractivity (Wildman–Crippen MR) is 92.3 cm³/mol. The van der Waals surface area contributed by atoms with Gasteiger partial charge in [0, 0.05) is 19.0 Å². The van der Waals surface area contributed by atoms with E-state index in [1.807, 2.05) is 30.0 Å². The molecule has 0 unspecified atom stereocenters. The number of fused-ring (bicyclic) bond motifs is 1. The van der Waals surface area contributed by atoms with Gasteiger partial charge in [-0.1, -0.05) is 11.3 Å². The zero-order chi connectivity index (χ0) is 16.7. The number of amides is 2. The van der Waals surface area contributed by atoms with Gasteiger partial charge in [0.25, 0.3) is 0 Å². The summed E-state index contributed by atoms with van der Waals surface area (Å²) in [5, 5.41) is 3.44. The number of anilines is 1. The third-order valence-electron chi connectivity index (χ3n) is 4.42. The highest BCUT2D eigenvalue weighted by molar-refractivity contribution is 7.22. The lowest BCUT2D eigenvalue weighted by atomic mass is 10.1. The molecule has 1 aromatic heterocycles. The molecular formula is C17H19N3O3S. The van der Waals surface area contributed by atoms with E-state index in [-0.39, 0.29) is 17.7 Å². The predicted octanol–water partition coefficient (Wildman–Crippen LogP) is 2.64. The van der Waals surface area contributed by atoms with E-state index in [1.165, 1.54) is 11.3 Å². The van der Waals surface area contributed by atoms with Crippen LogP contribution >= 0.6 is 11.3 Å². The Morgan fingerprint density at radius 1 is 1.46 bits per heavy atom. The minimum atomic E-state index is -0.274. The largest absolute Gasteiger partial charge is 0.494 e. The van der Waals surface area contributed by atoms with Crippen LogP contribution in [0.15, 0.2) is 18.2 Å². The van der Waals surface area contributed by atoms with E-state index in [1.54, 1.807) is 0 Å². The summed E-state index contributed by atoms with van der Waals surface area (Å²) in [6, 6.07) is 6.07. The molecule has 2 aliphatic rings. The highest BCUT2D eigenvalue weighted by atomic mass is 32.1. The van der Waals surface area contributed by atoms with Crippen molar-refractivity contribution < 1.29 is 14.3 Å². The average Bonchev–Trinajstić information content (AvgIpc) is 3.20. The molecule has 2 amide bonds. The van der Waals surface area contributed by atoms with Crippen molar-refractivity contribution >= 4 is 38.5 Å². The molecule has 1 aromatic carbocycles. The molecule has 2 aromatic rings. The number of carbonyl (C=O) groups excluding carboxylic acids is 2. The lowest BCUT2D eigenvalue weighted by molar-refractivity contribution is -0.128. The van der Waals surface area contributed by atoms with Gasteiger partial charge in [-0.2, -0.15) is 0 Å². The number of nitrogens with zero attached hydrogens (tertiary/aromatic N) is 2. The minimum absolute atomic E-state index is 0.100. The number of ether oxygens (including phenoxy) is 1. The van der Waals surface area contributed by atoms with Crippen molar-refractivity contribution in [2.24, 2.45) is 5.92 Å². The second-order valence-corrected chi connectivity index (χ2v) is 7.28. The Morgan fingerprint density at radius 2 is 2.29 bits per heavy atom. The molecule has 6 nitrogen and oxygen atoms in total. The lowest BCUT2D eigenvalue weighted by Crippen LogP contribution is -2.29. The Hall–Kier alpha value is -2.15. The third kappa shape index (κ3) is 2.96. The van der Waals surface area contributed by atoms with Gasteiger partial charge in [-0.05, 0) is 38.0 Å². The number of likely N-dealkylation sites (tertiary alicyclic amines) is 1. The van der Waals surface area contributed by atoms with Gasteiger partial charge in [0.2, 0.25) is 11.8 Å². The standard InChI is InChI=1S/C17H19N3O3S/c1-2-23-12-5-6-13-14(8-12)24-17(18-13)19-16(22)10-7-15(21)20(9-10)11-3-4-11/h5-6,8,10-11H,2-4,7,9H2,1H3,(H,18,19,22)/t10-/m1/s1. The van der Waals surface area contributed by atoms with Gasteiger partial charge >= 0.3 is 0 Å². The fraction of sp³-hybridized carbons (Fsp3) is 0.471. The topological polar surface area (TPSA) is 71.5 Å². The molecule has 1 saturated heterocycles. The number of carbonyl (C=O) groups is 2. The fourth-order valence-corrected chi connectivity index (χ4v) is 3.97. The van der Waals surface area contributed by atoms with Crippen LogP contribution in [0.4, 0.5) is 5.13 Å². The van der Waals surface area contributed by atoms with E-state index in [0.717, 1.165) is 28.8 Å². The first kappa shape index (κ1) is 15.4. The molecule has 1 aliphatic carbocycles. The highest BCUT2D eigenvalue weighted by Crippen LogP contribution is 2.34. The highest BCUT2D eigenvalue weighted by Gasteiger charge is 2.41. The molecule has 1 saturated carbocycles. The summed E-state index contributed by atoms with van der Waals surface area (Å²) >= 11 is 1.42. The normalized spacial score (nSPS) is 20.6. The van der Waals surface area contributed by atoms with Gasteiger partial charge in [0.15, 0.2) is 5.13 Å². The number of benzene rings is 1. The second kappa shape index (κ2) is 6.05. The number of hydrogen-bond acceptors (Lipinski definition) is 5. The summed E-state index contributed by atoms with van der Waals surface area (Å²) in [7, 11) is 0. The minimum Gasteiger partial charge on any atom is -0.494 e. The first-order valence-electron chi connectivity index (χ1n) is 8.27. The van der Waals surface area contributed by atoms with Crippen LogP contribution in [0.2, 0.25) is 0 Å². The maximum atomic E-state index is 12.4. The van der Waals surface area contributed by atoms with Crippen LogP contribution in [-0.4, -0.2) is 40.9 Å². The van der Waals surface area contributed by atoms with Crippen LogP contribution in [0.3, 0.4) is 0 Å². The number of thiazole rings is 1. The third-order valence-corrected chi connectivity index (χ3v) is 5.35. The summed E-state index contributed by atoms with van der Waals surface area (Å²) in [5.74, 6) is 0.510. The molecule has 1 aliphatic heterocycles. The quantitative estimate of drug-likeness (QED) is 0.904. The first-order chi connectivity index (χ1) is 11.6. The number of nitrogens with one attached hydrogen (secondary N) is 1. The van der Waals surface area contributed by atoms with E-state index in [0.29, 0.717) is 30.7 Å². The van der Waals surface area contributed by atoms with Crippen LogP contribution in [0.25, 0.3) is 10.2 Å². The van der Waals surface area contributed by atoms with E-state index in [4.69, 9.17) is 4.74 Å². The van der Waals surface area contributed by atoms with Gasteiger partial charge in [0.1, 0.15) is 5.75 Å². The number of aromatic nitrogens is 1. The summed E-state index contributed by atoms with van der Waals surface area (Å²) in [6.45, 7) is 3.09. The Kier molecular flexibility index (Phi) is 3.88. The molecule has 1 atom stereocenters. The van der Waals surface area contributed by atoms with Gasteiger partial charge in [-0.3, -0.25) is 9.59 Å². The molecule has 0 spiro atoms. The maximum Gasteiger partial charge on any atom is 0.231 e. The summed E-state index contributed by atoms with van der Waals surface area (Å²) in [6.07, 6.45) is 2.45. The maximum absolute atomic E-state index is 12.4. The van der Waals surface area contributed by atoms with Crippen molar-refractivity contribution in [1.29, 1.82) is 0 Å². The van der Waals surface area contributed by atoms with Gasteiger partial charge in [0.05, 0.1) is 22.7 Å². The van der Waals surface area contributed by atoms with Crippen LogP contribution in [0.1, 0.15) is 26.2 Å². The summed E-state index contributed by atoms with van der Waals surface area (Å²) in [5.41, 5.74) is 0.834. The van der Waals surface area contributed by atoms with Crippen molar-refractivity contribution in [3.63, 3.8) is 0 Å². The van der Waals surface area contributed by atoms with Crippen molar-refractivity contribution in [2.45, 2.75) is 32.2 Å². The monoisotopic (exact) mass is 345 g/mol. The number of rotatable bonds is 5. The molecule has 1 N–H and O–H groups in total. The van der Waals surface area contributed by atoms with Gasteiger partial charge in [-0.15, -0.1) is 0 Å². The van der Waals surface area contributed by atoms with Crippen LogP contribution < -0.4 is 10.1 Å². The summed E-state index contributed by atoms with van der Waals surface area (Å²) in [4.78, 5) is 30.7. The summed E-state index contributed by atoms with van der Waals surface area (Å²) < 4.78 is 6.46. The lowest BCUT2D eigenvalue weighted by Gasteiger charge is -2.14. The Balaban J connectivity index is 1.45. The van der Waals surface area contributed by atoms with Crippen LogP contribution in [-0.2, 0) is 9.59 Å². The van der Waals surface area contributed by atoms with Crippen LogP contribution in [0, 0.1) is 5.92 Å². The van der Waals surface area contributed by atoms with Crippen molar-refractivity contribution in [3.8, 4) is 5.75 Å². The first-order valence-corrected chi connectivity index (χ1v) is 9.09. The Morgan fingerprint density at radius 3 is 3.04 bits per heavy atom. The van der Waals surface area contributed by atoms with Gasteiger partial charge < -0.3 is 15.0 Å². The molecule has 0 bridgehead atoms. The van der Waals surface area contributed by atoms with Crippen LogP contribution in [0.5, 0.6) is 5.75 Å². The zero-order valence-electron chi connectivity index (χ0n) is 13.4. The molecule has 4 rings (SSSR count). The molecule has 0 radical (unpaired) electrons. The Bertz CT molecular complexity index is 799. The van der Waals surface area contributed by atoms with E-state index < -0.39 is 0 Å². The molecule has 24 heavy (non-hydrogen) atoms. The molecule has 7 heteroatoms. The number of hydrogen-bond donors (Lipinski definition) is 1. The second-order valence-electron chi connectivity index (χ2n) is 6.25. The SMILES string of the molecule is CCOc1ccc2nc(NC(=O)[C@@H]3CC(=O)N(C4CC4)C3)sc2c1. The van der Waals surface area contributed by atoms with Crippen molar-refractivity contribution in [1.82, 2.24) is 9.88 Å². The molecular weight excluding hydrogens is 326 g/mol. The zero-order valence-corrected chi connectivity index (χ0v) is 14.3. The Labute approximate surface area is 143 Å². The van der Waals surface area contributed by atoms with Gasteiger partial charge in [-0.25, -0.2) is 4.98 Å². The average molecular weight is 345 g/mol. The molecule has 126 valence electrons.